The molecule has 122 valence electrons. The second-order valence-corrected chi connectivity index (χ2v) is 6.01. The fourth-order valence-electron chi connectivity index (χ4n) is 1.97. The topological polar surface area (TPSA) is 60.7 Å². The molecule has 0 aliphatic heterocycles. The first-order valence-electron chi connectivity index (χ1n) is 7.52. The average Bonchev–Trinajstić information content (AvgIpc) is 2.92. The SMILES string of the molecule is CCC(=O)Oc1csc(=Nc2cc(C)ccc2C)n1C(=O)CC. The van der Waals surface area contributed by atoms with Gasteiger partial charge in [0.15, 0.2) is 4.80 Å². The van der Waals surface area contributed by atoms with Gasteiger partial charge in [0, 0.05) is 12.8 Å². The Labute approximate surface area is 139 Å². The third-order valence-electron chi connectivity index (χ3n) is 3.32. The molecular weight excluding hydrogens is 312 g/mol. The first kappa shape index (κ1) is 17.1. The molecule has 0 spiro atoms. The van der Waals surface area contributed by atoms with E-state index in [1.54, 1.807) is 19.2 Å². The highest BCUT2D eigenvalue weighted by molar-refractivity contribution is 7.07. The van der Waals surface area contributed by atoms with Crippen LogP contribution in [0.2, 0.25) is 0 Å². The van der Waals surface area contributed by atoms with Crippen LogP contribution in [0.4, 0.5) is 5.69 Å². The summed E-state index contributed by atoms with van der Waals surface area (Å²) in [5.41, 5.74) is 2.92. The Kier molecular flexibility index (Phi) is 5.50. The van der Waals surface area contributed by atoms with E-state index in [1.165, 1.54) is 15.9 Å². The van der Waals surface area contributed by atoms with Gasteiger partial charge in [0.1, 0.15) is 0 Å². The van der Waals surface area contributed by atoms with Gasteiger partial charge in [-0.15, -0.1) is 11.3 Å². The molecule has 0 saturated carbocycles. The number of hydrogen-bond donors (Lipinski definition) is 0. The number of carbonyl (C=O) groups is 2. The minimum absolute atomic E-state index is 0.158. The highest BCUT2D eigenvalue weighted by Gasteiger charge is 2.15. The molecule has 0 amide bonds. The largest absolute Gasteiger partial charge is 0.408 e. The summed E-state index contributed by atoms with van der Waals surface area (Å²) in [7, 11) is 0. The van der Waals surface area contributed by atoms with Gasteiger partial charge in [0.2, 0.25) is 11.8 Å². The van der Waals surface area contributed by atoms with E-state index < -0.39 is 0 Å². The van der Waals surface area contributed by atoms with E-state index >= 15 is 0 Å². The van der Waals surface area contributed by atoms with Crippen molar-refractivity contribution in [1.82, 2.24) is 4.57 Å². The zero-order valence-electron chi connectivity index (χ0n) is 13.8. The Bertz CT molecular complexity index is 802. The minimum atomic E-state index is -0.376. The molecule has 23 heavy (non-hydrogen) atoms. The fraction of sp³-hybridized carbons (Fsp3) is 0.353. The molecule has 0 radical (unpaired) electrons. The quantitative estimate of drug-likeness (QED) is 0.801. The van der Waals surface area contributed by atoms with Crippen molar-refractivity contribution >= 4 is 28.9 Å². The van der Waals surface area contributed by atoms with Crippen LogP contribution in [0.5, 0.6) is 5.88 Å². The van der Waals surface area contributed by atoms with Crippen molar-refractivity contribution in [1.29, 1.82) is 0 Å². The van der Waals surface area contributed by atoms with Crippen LogP contribution in [-0.2, 0) is 4.79 Å². The summed E-state index contributed by atoms with van der Waals surface area (Å²) in [5.74, 6) is -0.300. The zero-order valence-corrected chi connectivity index (χ0v) is 14.6. The third kappa shape index (κ3) is 3.96. The number of carbonyl (C=O) groups excluding carboxylic acids is 2. The number of nitrogens with zero attached hydrogens (tertiary/aromatic N) is 2. The van der Waals surface area contributed by atoms with Crippen LogP contribution in [0.25, 0.3) is 0 Å². The van der Waals surface area contributed by atoms with Gasteiger partial charge in [-0.3, -0.25) is 9.59 Å². The smallest absolute Gasteiger partial charge is 0.312 e. The molecule has 0 bridgehead atoms. The van der Waals surface area contributed by atoms with Crippen molar-refractivity contribution in [2.24, 2.45) is 4.99 Å². The molecule has 0 saturated heterocycles. The lowest BCUT2D eigenvalue weighted by atomic mass is 10.1. The average molecular weight is 332 g/mol. The Hall–Kier alpha value is -2.21. The second-order valence-electron chi connectivity index (χ2n) is 5.17. The Balaban J connectivity index is 2.58. The Morgan fingerprint density at radius 2 is 1.96 bits per heavy atom. The summed E-state index contributed by atoms with van der Waals surface area (Å²) in [5, 5.41) is 1.64. The molecule has 0 N–H and O–H groups in total. The number of aromatic nitrogens is 1. The van der Waals surface area contributed by atoms with E-state index in [9.17, 15) is 9.59 Å². The summed E-state index contributed by atoms with van der Waals surface area (Å²) < 4.78 is 6.62. The molecule has 6 heteroatoms. The number of ether oxygens (including phenoxy) is 1. The summed E-state index contributed by atoms with van der Waals surface area (Å²) in [6.07, 6.45) is 0.549. The van der Waals surface area contributed by atoms with E-state index in [4.69, 9.17) is 4.74 Å². The number of aryl methyl sites for hydroxylation is 2. The zero-order chi connectivity index (χ0) is 17.0. The molecular formula is C17H20N2O3S. The van der Waals surface area contributed by atoms with Gasteiger partial charge in [-0.05, 0) is 31.0 Å². The lowest BCUT2D eigenvalue weighted by Gasteiger charge is -2.06. The normalized spacial score (nSPS) is 11.6. The van der Waals surface area contributed by atoms with E-state index in [1.807, 2.05) is 32.0 Å². The van der Waals surface area contributed by atoms with Gasteiger partial charge < -0.3 is 4.74 Å². The maximum Gasteiger partial charge on any atom is 0.312 e. The summed E-state index contributed by atoms with van der Waals surface area (Å²) >= 11 is 1.28. The predicted molar refractivity (Wildman–Crippen MR) is 90.3 cm³/mol. The first-order valence-corrected chi connectivity index (χ1v) is 8.40. The van der Waals surface area contributed by atoms with Crippen molar-refractivity contribution in [2.45, 2.75) is 40.5 Å². The van der Waals surface area contributed by atoms with Crippen LogP contribution in [0.1, 0.15) is 42.6 Å². The van der Waals surface area contributed by atoms with Crippen molar-refractivity contribution in [3.05, 3.63) is 39.5 Å². The predicted octanol–water partition coefficient (Wildman–Crippen LogP) is 3.76. The molecule has 2 aromatic rings. The van der Waals surface area contributed by atoms with Gasteiger partial charge in [-0.2, -0.15) is 0 Å². The summed E-state index contributed by atoms with van der Waals surface area (Å²) in [4.78, 5) is 28.9. The van der Waals surface area contributed by atoms with Crippen molar-refractivity contribution < 1.29 is 14.3 Å². The van der Waals surface area contributed by atoms with E-state index in [0.717, 1.165) is 16.8 Å². The molecule has 0 aliphatic carbocycles. The Morgan fingerprint density at radius 3 is 2.61 bits per heavy atom. The van der Waals surface area contributed by atoms with Gasteiger partial charge >= 0.3 is 5.97 Å². The van der Waals surface area contributed by atoms with Crippen molar-refractivity contribution in [2.75, 3.05) is 0 Å². The molecule has 0 atom stereocenters. The van der Waals surface area contributed by atoms with Crippen LogP contribution >= 0.6 is 11.3 Å². The van der Waals surface area contributed by atoms with Crippen LogP contribution in [-0.4, -0.2) is 16.4 Å². The number of rotatable bonds is 4. The first-order chi connectivity index (χ1) is 11.0. The molecule has 0 unspecified atom stereocenters. The number of thiazole rings is 1. The molecule has 1 aromatic carbocycles. The maximum atomic E-state index is 12.2. The monoisotopic (exact) mass is 332 g/mol. The highest BCUT2D eigenvalue weighted by Crippen LogP contribution is 2.21. The van der Waals surface area contributed by atoms with Crippen molar-refractivity contribution in [3.8, 4) is 5.88 Å². The van der Waals surface area contributed by atoms with Crippen LogP contribution in [0, 0.1) is 13.8 Å². The Morgan fingerprint density at radius 1 is 1.22 bits per heavy atom. The summed E-state index contributed by atoms with van der Waals surface area (Å²) in [6, 6.07) is 5.97. The standard InChI is InChI=1S/C17H20N2O3S/c1-5-14(20)19-15(22-16(21)6-2)10-23-17(19)18-13-9-11(3)7-8-12(13)4/h7-10H,5-6H2,1-4H3. The molecule has 1 aromatic heterocycles. The molecule has 2 rings (SSSR count). The number of benzene rings is 1. The van der Waals surface area contributed by atoms with Crippen LogP contribution < -0.4 is 9.54 Å². The third-order valence-corrected chi connectivity index (χ3v) is 4.12. The molecule has 5 nitrogen and oxygen atoms in total. The van der Waals surface area contributed by atoms with Gasteiger partial charge in [-0.1, -0.05) is 26.0 Å². The molecule has 1 heterocycles. The highest BCUT2D eigenvalue weighted by atomic mass is 32.1. The van der Waals surface area contributed by atoms with Gasteiger partial charge in [0.25, 0.3) is 0 Å². The van der Waals surface area contributed by atoms with E-state index in [-0.39, 0.29) is 24.2 Å². The molecule has 0 aliphatic rings. The molecule has 0 fully saturated rings. The fourth-order valence-corrected chi connectivity index (χ4v) is 2.78. The van der Waals surface area contributed by atoms with Gasteiger partial charge in [0.05, 0.1) is 11.1 Å². The van der Waals surface area contributed by atoms with Crippen molar-refractivity contribution in [3.63, 3.8) is 0 Å². The second kappa shape index (κ2) is 7.37. The maximum absolute atomic E-state index is 12.2. The lowest BCUT2D eigenvalue weighted by Crippen LogP contribution is -2.24. The number of esters is 1. The number of hydrogen-bond acceptors (Lipinski definition) is 5. The summed E-state index contributed by atoms with van der Waals surface area (Å²) in [6.45, 7) is 7.44. The van der Waals surface area contributed by atoms with E-state index in [0.29, 0.717) is 11.2 Å². The van der Waals surface area contributed by atoms with Crippen LogP contribution in [0.3, 0.4) is 0 Å². The minimum Gasteiger partial charge on any atom is -0.408 e. The lowest BCUT2D eigenvalue weighted by molar-refractivity contribution is -0.134. The van der Waals surface area contributed by atoms with Gasteiger partial charge in [-0.25, -0.2) is 9.56 Å². The van der Waals surface area contributed by atoms with E-state index in [2.05, 4.69) is 4.99 Å². The van der Waals surface area contributed by atoms with Crippen LogP contribution in [0.15, 0.2) is 28.6 Å².